The number of furan rings is 1. The predicted octanol–water partition coefficient (Wildman–Crippen LogP) is 4.18. The first-order valence-corrected chi connectivity index (χ1v) is 10.8. The van der Waals surface area contributed by atoms with E-state index in [0.717, 1.165) is 29.0 Å². The average molecular weight is 409 g/mol. The van der Waals surface area contributed by atoms with Crippen molar-refractivity contribution in [2.75, 3.05) is 6.54 Å². The van der Waals surface area contributed by atoms with Crippen LogP contribution in [0.5, 0.6) is 0 Å². The number of rotatable bonds is 6. The first kappa shape index (κ1) is 19.5. The van der Waals surface area contributed by atoms with E-state index >= 15 is 0 Å². The molecule has 1 aliphatic heterocycles. The fraction of sp³-hybridized carbons (Fsp3) is 0.304. The van der Waals surface area contributed by atoms with Gasteiger partial charge in [0.25, 0.3) is 0 Å². The molecule has 6 heteroatoms. The number of carbonyl (C=O) groups excluding carboxylic acids is 2. The van der Waals surface area contributed by atoms with Crippen molar-refractivity contribution in [3.8, 4) is 0 Å². The monoisotopic (exact) mass is 408 g/mol. The molecule has 3 aromatic rings. The lowest BCUT2D eigenvalue weighted by atomic mass is 9.88. The highest BCUT2D eigenvalue weighted by atomic mass is 32.1. The molecule has 29 heavy (non-hydrogen) atoms. The molecule has 4 rings (SSSR count). The Kier molecular flexibility index (Phi) is 6.10. The number of hydrogen-bond donors (Lipinski definition) is 1. The maximum absolute atomic E-state index is 13.1. The number of amides is 2. The molecule has 1 N–H and O–H groups in total. The second kappa shape index (κ2) is 9.09. The fourth-order valence-corrected chi connectivity index (χ4v) is 4.57. The number of piperidine rings is 1. The second-order valence-electron chi connectivity index (χ2n) is 7.30. The Balaban J connectivity index is 1.47. The zero-order chi connectivity index (χ0) is 20.1. The molecule has 0 bridgehead atoms. The van der Waals surface area contributed by atoms with Crippen LogP contribution in [0, 0.1) is 5.92 Å². The van der Waals surface area contributed by atoms with E-state index < -0.39 is 0 Å². The van der Waals surface area contributed by atoms with Gasteiger partial charge in [-0.25, -0.2) is 0 Å². The summed E-state index contributed by atoms with van der Waals surface area (Å²) in [6, 6.07) is 17.7. The first-order chi connectivity index (χ1) is 14.2. The van der Waals surface area contributed by atoms with Crippen LogP contribution in [0.25, 0.3) is 0 Å². The summed E-state index contributed by atoms with van der Waals surface area (Å²) in [5, 5.41) is 4.93. The van der Waals surface area contributed by atoms with Crippen LogP contribution in [0.4, 0.5) is 0 Å². The van der Waals surface area contributed by atoms with Gasteiger partial charge in [0.2, 0.25) is 11.8 Å². The van der Waals surface area contributed by atoms with E-state index in [1.54, 1.807) is 23.7 Å². The summed E-state index contributed by atoms with van der Waals surface area (Å²) in [6.45, 7) is 0.807. The van der Waals surface area contributed by atoms with Gasteiger partial charge in [0.15, 0.2) is 0 Å². The normalized spacial score (nSPS) is 19.1. The van der Waals surface area contributed by atoms with Crippen molar-refractivity contribution >= 4 is 23.2 Å². The number of likely N-dealkylation sites (tertiary alicyclic amines) is 1. The molecule has 0 unspecified atom stereocenters. The number of carbonyl (C=O) groups is 2. The Hall–Kier alpha value is -2.86. The van der Waals surface area contributed by atoms with Crippen LogP contribution in [-0.4, -0.2) is 23.3 Å². The van der Waals surface area contributed by atoms with E-state index in [1.807, 2.05) is 46.7 Å². The smallest absolute Gasteiger partial charge is 0.228 e. The van der Waals surface area contributed by atoms with Crippen molar-refractivity contribution in [2.24, 2.45) is 5.92 Å². The van der Waals surface area contributed by atoms with Gasteiger partial charge in [-0.05, 0) is 42.0 Å². The van der Waals surface area contributed by atoms with Crippen LogP contribution < -0.4 is 5.32 Å². The topological polar surface area (TPSA) is 62.6 Å². The highest BCUT2D eigenvalue weighted by Gasteiger charge is 2.35. The van der Waals surface area contributed by atoms with E-state index in [-0.39, 0.29) is 23.8 Å². The molecule has 2 aromatic heterocycles. The van der Waals surface area contributed by atoms with Crippen LogP contribution >= 0.6 is 11.3 Å². The van der Waals surface area contributed by atoms with E-state index in [0.29, 0.717) is 19.5 Å². The minimum atomic E-state index is -0.211. The molecule has 0 spiro atoms. The summed E-state index contributed by atoms with van der Waals surface area (Å²) in [5.41, 5.74) is 1.13. The Morgan fingerprint density at radius 2 is 1.93 bits per heavy atom. The van der Waals surface area contributed by atoms with Gasteiger partial charge in [0.1, 0.15) is 5.76 Å². The Morgan fingerprint density at radius 1 is 1.07 bits per heavy atom. The standard InChI is InChI=1S/C23H24N2O3S/c26-22(14-20-9-5-13-29-20)25-16-18(23(27)24-15-19-8-4-12-28-19)10-11-21(25)17-6-2-1-3-7-17/h1-9,12-13,18,21H,10-11,14-16H2,(H,24,27)/t18-,21+/m0/s1. The molecule has 1 aliphatic rings. The van der Waals surface area contributed by atoms with Gasteiger partial charge in [-0.1, -0.05) is 36.4 Å². The molecule has 1 saturated heterocycles. The Labute approximate surface area is 174 Å². The Bertz CT molecular complexity index is 922. The molecule has 3 heterocycles. The fourth-order valence-electron chi connectivity index (χ4n) is 3.88. The largest absolute Gasteiger partial charge is 0.467 e. The van der Waals surface area contributed by atoms with Crippen molar-refractivity contribution in [1.29, 1.82) is 0 Å². The lowest BCUT2D eigenvalue weighted by molar-refractivity contribution is -0.138. The van der Waals surface area contributed by atoms with Gasteiger partial charge in [0, 0.05) is 11.4 Å². The third kappa shape index (κ3) is 4.77. The molecule has 150 valence electrons. The molecule has 5 nitrogen and oxygen atoms in total. The maximum atomic E-state index is 13.1. The molecule has 2 atom stereocenters. The maximum Gasteiger partial charge on any atom is 0.228 e. The average Bonchev–Trinajstić information content (AvgIpc) is 3.46. The highest BCUT2D eigenvalue weighted by molar-refractivity contribution is 7.10. The summed E-state index contributed by atoms with van der Waals surface area (Å²) in [6.07, 6.45) is 3.50. The van der Waals surface area contributed by atoms with Crippen molar-refractivity contribution < 1.29 is 14.0 Å². The van der Waals surface area contributed by atoms with Crippen LogP contribution in [0.2, 0.25) is 0 Å². The quantitative estimate of drug-likeness (QED) is 0.666. The molecule has 2 amide bonds. The van der Waals surface area contributed by atoms with Crippen molar-refractivity contribution in [3.05, 3.63) is 82.4 Å². The van der Waals surface area contributed by atoms with Crippen molar-refractivity contribution in [1.82, 2.24) is 10.2 Å². The van der Waals surface area contributed by atoms with E-state index in [1.165, 1.54) is 0 Å². The summed E-state index contributed by atoms with van der Waals surface area (Å²) in [7, 11) is 0. The van der Waals surface area contributed by atoms with Crippen LogP contribution in [0.1, 0.15) is 35.1 Å². The third-order valence-electron chi connectivity index (χ3n) is 5.38. The van der Waals surface area contributed by atoms with Crippen molar-refractivity contribution in [3.63, 3.8) is 0 Å². The predicted molar refractivity (Wildman–Crippen MR) is 112 cm³/mol. The van der Waals surface area contributed by atoms with Crippen LogP contribution in [0.15, 0.2) is 70.7 Å². The molecule has 0 saturated carbocycles. The van der Waals surface area contributed by atoms with Crippen LogP contribution in [0.3, 0.4) is 0 Å². The number of nitrogens with one attached hydrogen (secondary N) is 1. The third-order valence-corrected chi connectivity index (χ3v) is 6.26. The van der Waals surface area contributed by atoms with E-state index in [4.69, 9.17) is 4.42 Å². The molecule has 0 aliphatic carbocycles. The molecular formula is C23H24N2O3S. The minimum absolute atomic E-state index is 0.0118. The van der Waals surface area contributed by atoms with E-state index in [2.05, 4.69) is 17.4 Å². The SMILES string of the molecule is O=C(NCc1ccco1)[C@H]1CC[C@H](c2ccccc2)N(C(=O)Cc2cccs2)C1. The number of benzene rings is 1. The minimum Gasteiger partial charge on any atom is -0.467 e. The number of hydrogen-bond acceptors (Lipinski definition) is 4. The molecular weight excluding hydrogens is 384 g/mol. The first-order valence-electron chi connectivity index (χ1n) is 9.87. The van der Waals surface area contributed by atoms with Crippen molar-refractivity contribution in [2.45, 2.75) is 31.8 Å². The lowest BCUT2D eigenvalue weighted by Crippen LogP contribution is -2.47. The summed E-state index contributed by atoms with van der Waals surface area (Å²) in [5.74, 6) is 0.561. The zero-order valence-corrected chi connectivity index (χ0v) is 16.9. The summed E-state index contributed by atoms with van der Waals surface area (Å²) in [4.78, 5) is 28.8. The van der Waals surface area contributed by atoms with Gasteiger partial charge in [0.05, 0.1) is 31.2 Å². The molecule has 1 aromatic carbocycles. The summed E-state index contributed by atoms with van der Waals surface area (Å²) >= 11 is 1.59. The van der Waals surface area contributed by atoms with Gasteiger partial charge in [-0.15, -0.1) is 11.3 Å². The lowest BCUT2D eigenvalue weighted by Gasteiger charge is -2.39. The van der Waals surface area contributed by atoms with Gasteiger partial charge < -0.3 is 14.6 Å². The molecule has 0 radical (unpaired) electrons. The second-order valence-corrected chi connectivity index (χ2v) is 8.33. The Morgan fingerprint density at radius 3 is 2.66 bits per heavy atom. The zero-order valence-electron chi connectivity index (χ0n) is 16.1. The van der Waals surface area contributed by atoms with Gasteiger partial charge in [-0.2, -0.15) is 0 Å². The highest BCUT2D eigenvalue weighted by Crippen LogP contribution is 2.34. The number of thiophene rings is 1. The van der Waals surface area contributed by atoms with Crippen LogP contribution in [-0.2, 0) is 22.6 Å². The molecule has 1 fully saturated rings. The van der Waals surface area contributed by atoms with E-state index in [9.17, 15) is 9.59 Å². The number of nitrogens with zero attached hydrogens (tertiary/aromatic N) is 1. The summed E-state index contributed by atoms with van der Waals surface area (Å²) < 4.78 is 5.29. The van der Waals surface area contributed by atoms with Gasteiger partial charge >= 0.3 is 0 Å². The van der Waals surface area contributed by atoms with Gasteiger partial charge in [-0.3, -0.25) is 9.59 Å².